The van der Waals surface area contributed by atoms with Gasteiger partial charge in [-0.1, -0.05) is 84.3 Å². The van der Waals surface area contributed by atoms with E-state index >= 15 is 0 Å². The van der Waals surface area contributed by atoms with Gasteiger partial charge in [0.1, 0.15) is 4.91 Å². The fraction of sp³-hybridized carbons (Fsp3) is 0.240. The number of rotatable bonds is 3. The van der Waals surface area contributed by atoms with Crippen LogP contribution in [0, 0.1) is 0 Å². The van der Waals surface area contributed by atoms with E-state index in [0.29, 0.717) is 16.4 Å². The number of nitrogens with zero attached hydrogens (tertiary/aromatic N) is 1. The first-order chi connectivity index (χ1) is 15.3. The van der Waals surface area contributed by atoms with E-state index in [4.69, 9.17) is 17.0 Å². The lowest BCUT2D eigenvalue weighted by molar-refractivity contribution is -0.137. The van der Waals surface area contributed by atoms with Gasteiger partial charge >= 0.3 is 5.97 Å². The largest absolute Gasteiger partial charge is 0.462 e. The van der Waals surface area contributed by atoms with Crippen LogP contribution < -0.4 is 4.90 Å². The van der Waals surface area contributed by atoms with Crippen LogP contribution in [-0.2, 0) is 14.3 Å². The molecule has 2 heterocycles. The molecular weight excluding hydrogens is 458 g/mol. The topological polar surface area (TPSA) is 46.6 Å². The lowest BCUT2D eigenvalue weighted by Gasteiger charge is -2.44. The Morgan fingerprint density at radius 2 is 1.69 bits per heavy atom. The van der Waals surface area contributed by atoms with Crippen molar-refractivity contribution in [3.05, 3.63) is 74.9 Å². The number of anilines is 1. The highest BCUT2D eigenvalue weighted by atomic mass is 32.2. The number of carbonyl (C=O) groups excluding carboxylic acids is 2. The molecule has 0 spiro atoms. The quantitative estimate of drug-likeness (QED) is 0.292. The van der Waals surface area contributed by atoms with Gasteiger partial charge in [-0.15, -0.1) is 0 Å². The second-order valence-electron chi connectivity index (χ2n) is 7.87. The van der Waals surface area contributed by atoms with Gasteiger partial charge in [0.05, 0.1) is 26.9 Å². The highest BCUT2D eigenvalue weighted by molar-refractivity contribution is 8.32. The SMILES string of the molecule is CCOC(=O)C1=C(c2ccccc2)S/C(=C2/C(=S)C(C)(C)N(C(C)=O)c3ccccc32)S1. The molecule has 2 aromatic carbocycles. The Morgan fingerprint density at radius 3 is 2.34 bits per heavy atom. The van der Waals surface area contributed by atoms with E-state index in [1.54, 1.807) is 30.5 Å². The van der Waals surface area contributed by atoms with Crippen molar-refractivity contribution in [1.29, 1.82) is 0 Å². The molecule has 4 rings (SSSR count). The number of thioether (sulfide) groups is 2. The number of thiocarbonyl (C=S) groups is 1. The Balaban J connectivity index is 1.90. The summed E-state index contributed by atoms with van der Waals surface area (Å²) in [7, 11) is 0. The summed E-state index contributed by atoms with van der Waals surface area (Å²) in [4.78, 5) is 29.3. The van der Waals surface area contributed by atoms with Crippen LogP contribution in [0.15, 0.2) is 63.7 Å². The third-order valence-electron chi connectivity index (χ3n) is 5.37. The zero-order valence-corrected chi connectivity index (χ0v) is 20.7. The van der Waals surface area contributed by atoms with Crippen LogP contribution in [0.3, 0.4) is 0 Å². The first-order valence-electron chi connectivity index (χ1n) is 10.3. The monoisotopic (exact) mass is 481 g/mol. The predicted molar refractivity (Wildman–Crippen MR) is 138 cm³/mol. The molecule has 2 aliphatic rings. The molecule has 0 bridgehead atoms. The Labute approximate surface area is 202 Å². The maximum Gasteiger partial charge on any atom is 0.346 e. The number of hydrogen-bond acceptors (Lipinski definition) is 6. The summed E-state index contributed by atoms with van der Waals surface area (Å²) in [5.74, 6) is -0.394. The summed E-state index contributed by atoms with van der Waals surface area (Å²) >= 11 is 8.91. The molecule has 0 radical (unpaired) electrons. The van der Waals surface area contributed by atoms with Crippen LogP contribution in [0.4, 0.5) is 5.69 Å². The summed E-state index contributed by atoms with van der Waals surface area (Å²) in [6.45, 7) is 7.61. The molecule has 32 heavy (non-hydrogen) atoms. The number of fused-ring (bicyclic) bond motifs is 1. The number of benzene rings is 2. The van der Waals surface area contributed by atoms with Crippen LogP contribution in [0.1, 0.15) is 38.8 Å². The molecule has 4 nitrogen and oxygen atoms in total. The van der Waals surface area contributed by atoms with Crippen molar-refractivity contribution < 1.29 is 14.3 Å². The predicted octanol–water partition coefficient (Wildman–Crippen LogP) is 6.28. The van der Waals surface area contributed by atoms with Crippen LogP contribution in [0.25, 0.3) is 10.5 Å². The lowest BCUT2D eigenvalue weighted by atomic mass is 9.83. The Hall–Kier alpha value is -2.35. The van der Waals surface area contributed by atoms with Crippen molar-refractivity contribution in [3.8, 4) is 0 Å². The molecule has 164 valence electrons. The maximum absolute atomic E-state index is 12.8. The van der Waals surface area contributed by atoms with Crippen LogP contribution in [-0.4, -0.2) is 28.9 Å². The van der Waals surface area contributed by atoms with Crippen molar-refractivity contribution in [2.75, 3.05) is 11.5 Å². The molecule has 2 aliphatic heterocycles. The molecule has 2 aromatic rings. The molecule has 0 aliphatic carbocycles. The normalized spacial score (nSPS) is 19.8. The Kier molecular flexibility index (Phi) is 6.34. The molecule has 0 fully saturated rings. The van der Waals surface area contributed by atoms with E-state index in [1.807, 2.05) is 68.4 Å². The van der Waals surface area contributed by atoms with Crippen molar-refractivity contribution in [2.45, 2.75) is 33.2 Å². The average Bonchev–Trinajstić information content (AvgIpc) is 3.20. The van der Waals surface area contributed by atoms with E-state index in [0.717, 1.165) is 31.5 Å². The molecule has 0 N–H and O–H groups in total. The van der Waals surface area contributed by atoms with E-state index in [-0.39, 0.29) is 11.9 Å². The molecule has 0 saturated carbocycles. The second kappa shape index (κ2) is 8.89. The van der Waals surface area contributed by atoms with Gasteiger partial charge in [-0.3, -0.25) is 4.79 Å². The van der Waals surface area contributed by atoms with Gasteiger partial charge in [0.2, 0.25) is 5.91 Å². The van der Waals surface area contributed by atoms with Gasteiger partial charge in [-0.25, -0.2) is 4.79 Å². The first kappa shape index (κ1) is 22.8. The van der Waals surface area contributed by atoms with Crippen molar-refractivity contribution >= 4 is 68.6 Å². The van der Waals surface area contributed by atoms with Gasteiger partial charge in [0.15, 0.2) is 0 Å². The zero-order valence-electron chi connectivity index (χ0n) is 18.3. The first-order valence-corrected chi connectivity index (χ1v) is 12.3. The molecule has 0 unspecified atom stereocenters. The fourth-order valence-electron chi connectivity index (χ4n) is 3.99. The third-order valence-corrected chi connectivity index (χ3v) is 8.70. The fourth-order valence-corrected chi connectivity index (χ4v) is 7.12. The smallest absolute Gasteiger partial charge is 0.346 e. The van der Waals surface area contributed by atoms with Crippen molar-refractivity contribution in [3.63, 3.8) is 0 Å². The minimum absolute atomic E-state index is 0.0594. The van der Waals surface area contributed by atoms with Crippen molar-refractivity contribution in [2.24, 2.45) is 0 Å². The zero-order chi connectivity index (χ0) is 23.0. The third kappa shape index (κ3) is 3.83. The van der Waals surface area contributed by atoms with E-state index in [1.165, 1.54) is 11.8 Å². The molecule has 7 heteroatoms. The number of carbonyl (C=O) groups is 2. The van der Waals surface area contributed by atoms with E-state index in [2.05, 4.69) is 0 Å². The van der Waals surface area contributed by atoms with Gasteiger partial charge in [-0.05, 0) is 32.4 Å². The molecule has 1 amide bonds. The average molecular weight is 482 g/mol. The number of para-hydroxylation sites is 1. The Morgan fingerprint density at radius 1 is 1.03 bits per heavy atom. The summed E-state index contributed by atoms with van der Waals surface area (Å²) in [6, 6.07) is 17.6. The molecule has 0 atom stereocenters. The lowest BCUT2D eigenvalue weighted by Crippen LogP contribution is -2.55. The van der Waals surface area contributed by atoms with Crippen molar-refractivity contribution in [1.82, 2.24) is 0 Å². The minimum atomic E-state index is -0.682. The van der Waals surface area contributed by atoms with E-state index in [9.17, 15) is 9.59 Å². The standard InChI is InChI=1S/C25H23NO3S3/c1-5-29-23(28)21-20(16-11-7-6-8-12-16)31-24(32-21)19-17-13-9-10-14-18(17)26(15(2)27)25(3,4)22(19)30/h6-14H,5H2,1-4H3/b24-19-. The van der Waals surface area contributed by atoms with Crippen LogP contribution in [0.5, 0.6) is 0 Å². The molecule has 0 aromatic heterocycles. The number of hydrogen-bond donors (Lipinski definition) is 0. The van der Waals surface area contributed by atoms with Gasteiger partial charge in [0.25, 0.3) is 0 Å². The minimum Gasteiger partial charge on any atom is -0.462 e. The second-order valence-corrected chi connectivity index (χ2v) is 10.6. The summed E-state index contributed by atoms with van der Waals surface area (Å²) in [6.07, 6.45) is 0. The van der Waals surface area contributed by atoms with E-state index < -0.39 is 5.54 Å². The Bertz CT molecular complexity index is 1180. The highest BCUT2D eigenvalue weighted by Crippen LogP contribution is 2.58. The summed E-state index contributed by atoms with van der Waals surface area (Å²) < 4.78 is 6.29. The van der Waals surface area contributed by atoms with Crippen LogP contribution >= 0.6 is 35.7 Å². The number of esters is 1. The van der Waals surface area contributed by atoms with Gasteiger partial charge < -0.3 is 9.64 Å². The summed E-state index contributed by atoms with van der Waals surface area (Å²) in [5.41, 5.74) is 2.91. The maximum atomic E-state index is 12.8. The molecule has 0 saturated heterocycles. The van der Waals surface area contributed by atoms with Gasteiger partial charge in [0, 0.05) is 23.0 Å². The molecular formula is C25H23NO3S3. The van der Waals surface area contributed by atoms with Gasteiger partial charge in [-0.2, -0.15) is 0 Å². The summed E-state index contributed by atoms with van der Waals surface area (Å²) in [5, 5.41) is 0. The van der Waals surface area contributed by atoms with Crippen LogP contribution in [0.2, 0.25) is 0 Å². The number of amides is 1. The highest BCUT2D eigenvalue weighted by Gasteiger charge is 2.44. The number of ether oxygens (including phenoxy) is 1.